The zero-order valence-electron chi connectivity index (χ0n) is 16.4. The van der Waals surface area contributed by atoms with Crippen molar-refractivity contribution in [2.45, 2.75) is 13.0 Å². The zero-order valence-corrected chi connectivity index (χ0v) is 16.4. The standard InChI is InChI=1S/C17H32N4O7/c1-14(22)13-28-17(27)12-20-5-3-18-2-4-19(10-15(23)24)6-8-21(9-7-20)11-16(25)26/h14,18,22H,2-13H2,1H3,(H,23,24)(H,25,26). The molecule has 0 aliphatic carbocycles. The van der Waals surface area contributed by atoms with E-state index < -0.39 is 24.0 Å². The second kappa shape index (κ2) is 13.4. The van der Waals surface area contributed by atoms with Crippen molar-refractivity contribution < 1.29 is 34.4 Å². The molecular formula is C17H32N4O7. The maximum atomic E-state index is 11.9. The summed E-state index contributed by atoms with van der Waals surface area (Å²) in [5.41, 5.74) is 0. The molecule has 1 aliphatic heterocycles. The highest BCUT2D eigenvalue weighted by atomic mass is 16.5. The highest BCUT2D eigenvalue weighted by Crippen LogP contribution is 1.98. The van der Waals surface area contributed by atoms with E-state index in [4.69, 9.17) is 14.9 Å². The van der Waals surface area contributed by atoms with Gasteiger partial charge in [0.1, 0.15) is 6.61 Å². The van der Waals surface area contributed by atoms with Crippen molar-refractivity contribution >= 4 is 17.9 Å². The Hall–Kier alpha value is -1.79. The Morgan fingerprint density at radius 1 is 0.857 bits per heavy atom. The minimum absolute atomic E-state index is 0.0560. The molecule has 28 heavy (non-hydrogen) atoms. The van der Waals surface area contributed by atoms with Crippen molar-refractivity contribution in [2.24, 2.45) is 0 Å². The van der Waals surface area contributed by atoms with Crippen LogP contribution in [0.25, 0.3) is 0 Å². The number of nitrogens with one attached hydrogen (secondary N) is 1. The summed E-state index contributed by atoms with van der Waals surface area (Å²) in [5, 5.41) is 30.6. The van der Waals surface area contributed by atoms with Gasteiger partial charge in [-0.25, -0.2) is 0 Å². The van der Waals surface area contributed by atoms with E-state index in [1.165, 1.54) is 6.92 Å². The third-order valence-electron chi connectivity index (χ3n) is 4.23. The molecule has 0 radical (unpaired) electrons. The smallest absolute Gasteiger partial charge is 0.320 e. The van der Waals surface area contributed by atoms with E-state index in [1.807, 2.05) is 4.90 Å². The molecule has 1 unspecified atom stereocenters. The third-order valence-corrected chi connectivity index (χ3v) is 4.23. The lowest BCUT2D eigenvalue weighted by molar-refractivity contribution is -0.148. The van der Waals surface area contributed by atoms with Crippen molar-refractivity contribution in [3.8, 4) is 0 Å². The lowest BCUT2D eigenvalue weighted by Gasteiger charge is -2.30. The highest BCUT2D eigenvalue weighted by Gasteiger charge is 2.18. The second-order valence-corrected chi connectivity index (χ2v) is 6.90. The minimum Gasteiger partial charge on any atom is -0.480 e. The van der Waals surface area contributed by atoms with Gasteiger partial charge in [-0.15, -0.1) is 0 Å². The number of rotatable bonds is 8. The van der Waals surface area contributed by atoms with Gasteiger partial charge in [0, 0.05) is 52.4 Å². The topological polar surface area (TPSA) is 143 Å². The van der Waals surface area contributed by atoms with Crippen LogP contribution in [0.3, 0.4) is 0 Å². The first-order valence-corrected chi connectivity index (χ1v) is 9.41. The Balaban J connectivity index is 2.66. The van der Waals surface area contributed by atoms with Crippen LogP contribution < -0.4 is 5.32 Å². The highest BCUT2D eigenvalue weighted by molar-refractivity contribution is 5.71. The van der Waals surface area contributed by atoms with E-state index in [1.54, 1.807) is 9.80 Å². The molecule has 0 spiro atoms. The summed E-state index contributed by atoms with van der Waals surface area (Å²) in [5.74, 6) is -2.31. The van der Waals surface area contributed by atoms with Crippen molar-refractivity contribution in [1.82, 2.24) is 20.0 Å². The Bertz CT molecular complexity index is 504. The number of aliphatic hydroxyl groups excluding tert-OH is 1. The monoisotopic (exact) mass is 404 g/mol. The average molecular weight is 404 g/mol. The molecule has 1 aliphatic rings. The van der Waals surface area contributed by atoms with Crippen molar-refractivity contribution in [2.75, 3.05) is 78.6 Å². The number of hydrogen-bond acceptors (Lipinski definition) is 9. The number of ether oxygens (including phenoxy) is 1. The van der Waals surface area contributed by atoms with E-state index in [2.05, 4.69) is 5.32 Å². The number of esters is 1. The number of aliphatic carboxylic acids is 2. The average Bonchev–Trinajstić information content (AvgIpc) is 2.59. The first-order chi connectivity index (χ1) is 13.3. The second-order valence-electron chi connectivity index (χ2n) is 6.90. The number of carboxylic acids is 2. The molecule has 1 rings (SSSR count). The van der Waals surface area contributed by atoms with E-state index in [0.29, 0.717) is 52.4 Å². The number of carbonyl (C=O) groups is 3. The van der Waals surface area contributed by atoms with E-state index in [0.717, 1.165) is 0 Å². The molecule has 1 heterocycles. The Morgan fingerprint density at radius 2 is 1.29 bits per heavy atom. The van der Waals surface area contributed by atoms with Gasteiger partial charge < -0.3 is 25.4 Å². The zero-order chi connectivity index (χ0) is 20.9. The quantitative estimate of drug-likeness (QED) is 0.321. The summed E-state index contributed by atoms with van der Waals surface area (Å²) >= 11 is 0. The van der Waals surface area contributed by atoms with Crippen LogP contribution in [0.5, 0.6) is 0 Å². The summed E-state index contributed by atoms with van der Waals surface area (Å²) in [4.78, 5) is 39.5. The normalized spacial score (nSPS) is 19.9. The van der Waals surface area contributed by atoms with Crippen LogP contribution in [0.15, 0.2) is 0 Å². The molecule has 1 saturated heterocycles. The fraction of sp³-hybridized carbons (Fsp3) is 0.824. The van der Waals surface area contributed by atoms with Crippen molar-refractivity contribution in [3.63, 3.8) is 0 Å². The maximum absolute atomic E-state index is 11.9. The predicted molar refractivity (Wildman–Crippen MR) is 100 cm³/mol. The molecule has 0 amide bonds. The molecule has 0 saturated carbocycles. The molecule has 1 atom stereocenters. The van der Waals surface area contributed by atoms with Crippen LogP contribution >= 0.6 is 0 Å². The Labute approximate surface area is 164 Å². The fourth-order valence-corrected chi connectivity index (χ4v) is 2.80. The van der Waals surface area contributed by atoms with Gasteiger partial charge in [-0.2, -0.15) is 0 Å². The number of carboxylic acid groups (broad SMARTS) is 2. The van der Waals surface area contributed by atoms with Crippen LogP contribution in [0.2, 0.25) is 0 Å². The largest absolute Gasteiger partial charge is 0.480 e. The SMILES string of the molecule is CC(O)COC(=O)CN1CCNCCN(CC(=O)O)CCN(CC(=O)O)CC1. The Morgan fingerprint density at radius 3 is 1.71 bits per heavy atom. The van der Waals surface area contributed by atoms with E-state index in [9.17, 15) is 19.5 Å². The molecule has 0 aromatic rings. The van der Waals surface area contributed by atoms with Gasteiger partial charge in [-0.05, 0) is 6.92 Å². The molecule has 4 N–H and O–H groups in total. The summed E-state index contributed by atoms with van der Waals surface area (Å²) < 4.78 is 5.00. The van der Waals surface area contributed by atoms with Gasteiger partial charge in [-0.1, -0.05) is 0 Å². The van der Waals surface area contributed by atoms with Crippen LogP contribution in [-0.2, 0) is 19.1 Å². The molecule has 0 aromatic heterocycles. The molecule has 11 nitrogen and oxygen atoms in total. The lowest BCUT2D eigenvalue weighted by Crippen LogP contribution is -2.47. The Kier molecular flexibility index (Phi) is 11.6. The van der Waals surface area contributed by atoms with Gasteiger partial charge in [-0.3, -0.25) is 29.1 Å². The number of nitrogens with zero attached hydrogens (tertiary/aromatic N) is 3. The first-order valence-electron chi connectivity index (χ1n) is 9.41. The summed E-state index contributed by atoms with van der Waals surface area (Å²) in [6.07, 6.45) is -0.725. The van der Waals surface area contributed by atoms with Crippen LogP contribution in [0, 0.1) is 0 Å². The van der Waals surface area contributed by atoms with Crippen LogP contribution in [0.1, 0.15) is 6.92 Å². The molecule has 162 valence electrons. The van der Waals surface area contributed by atoms with Gasteiger partial charge in [0.15, 0.2) is 0 Å². The minimum atomic E-state index is -0.957. The fourth-order valence-electron chi connectivity index (χ4n) is 2.80. The van der Waals surface area contributed by atoms with E-state index >= 15 is 0 Å². The summed E-state index contributed by atoms with van der Waals surface area (Å²) in [6, 6.07) is 0. The van der Waals surface area contributed by atoms with Crippen LogP contribution in [0.4, 0.5) is 0 Å². The molecular weight excluding hydrogens is 372 g/mol. The summed E-state index contributed by atoms with van der Waals surface area (Å²) in [7, 11) is 0. The maximum Gasteiger partial charge on any atom is 0.320 e. The van der Waals surface area contributed by atoms with Gasteiger partial charge >= 0.3 is 17.9 Å². The molecule has 1 fully saturated rings. The molecule has 11 heteroatoms. The van der Waals surface area contributed by atoms with E-state index in [-0.39, 0.29) is 26.2 Å². The van der Waals surface area contributed by atoms with Gasteiger partial charge in [0.05, 0.1) is 25.7 Å². The first kappa shape index (κ1) is 24.2. The lowest BCUT2D eigenvalue weighted by atomic mass is 10.3. The number of aliphatic hydroxyl groups is 1. The molecule has 0 aromatic carbocycles. The van der Waals surface area contributed by atoms with Crippen LogP contribution in [-0.4, -0.2) is 133 Å². The summed E-state index contributed by atoms with van der Waals surface area (Å²) in [6.45, 7) is 5.32. The van der Waals surface area contributed by atoms with Gasteiger partial charge in [0.2, 0.25) is 0 Å². The molecule has 0 bridgehead atoms. The third kappa shape index (κ3) is 11.8. The number of hydrogen-bond donors (Lipinski definition) is 4. The van der Waals surface area contributed by atoms with Crippen molar-refractivity contribution in [1.29, 1.82) is 0 Å². The number of carbonyl (C=O) groups excluding carboxylic acids is 1. The van der Waals surface area contributed by atoms with Crippen molar-refractivity contribution in [3.05, 3.63) is 0 Å². The van der Waals surface area contributed by atoms with Gasteiger partial charge in [0.25, 0.3) is 0 Å². The predicted octanol–water partition coefficient (Wildman–Crippen LogP) is -2.41.